The number of ether oxygens (including phenoxy) is 2. The smallest absolute Gasteiger partial charge is 0.308 e. The number of carbonyl (C=O) groups excluding carboxylic acids is 5. The Labute approximate surface area is 300 Å². The zero-order valence-electron chi connectivity index (χ0n) is 31.1. The van der Waals surface area contributed by atoms with Gasteiger partial charge in [-0.05, 0) is 50.3 Å². The van der Waals surface area contributed by atoms with Crippen LogP contribution in [0.2, 0.25) is 0 Å². The van der Waals surface area contributed by atoms with E-state index in [0.29, 0.717) is 24.3 Å². The Balaban J connectivity index is 2.33. The molecule has 0 bridgehead atoms. The summed E-state index contributed by atoms with van der Waals surface area (Å²) in [6.07, 6.45) is 2.47. The fraction of sp³-hybridized carbons (Fsp3) is 0.595. The average molecular weight is 714 g/mol. The number of methoxy groups -OCH3 is 1. The minimum atomic E-state index is -0.836. The van der Waals surface area contributed by atoms with Crippen molar-refractivity contribution in [2.24, 2.45) is 22.7 Å². The standard InChI is InChI=1S/C37H55N5O7S/c1-11-23(5)32(41-33(44)25(7)38-12-2)36(46)42(9)30(22(3)4)20-31(49-26(8)43)35-40-29(21-50-35)34(45)39-28(18-24(6)37(47)48-10)19-27-16-14-13-15-17-27/h12-17,21-25,28,30-32H,11,18-20H2,1-10H3,(H,39,45)(H,41,44)/b38-12-/t23?,24-,25-,28+,30+,31+,32-/m0/s1. The molecule has 0 saturated heterocycles. The molecule has 50 heavy (non-hydrogen) atoms. The van der Waals surface area contributed by atoms with Crippen LogP contribution in [0.1, 0.15) is 102 Å². The van der Waals surface area contributed by atoms with Gasteiger partial charge in [-0.1, -0.05) is 71.4 Å². The zero-order valence-corrected chi connectivity index (χ0v) is 31.9. The molecule has 1 aromatic heterocycles. The SMILES string of the molecule is C/C=N\[C@@H](C)C(=O)N[C@H](C(=O)N(C)[C@H](C[C@@H](OC(C)=O)c1nc(C(=O)N[C@@H](Cc2ccccc2)C[C@H](C)C(=O)OC)cs1)C(C)C)C(C)CC. The maximum Gasteiger partial charge on any atom is 0.308 e. The highest BCUT2D eigenvalue weighted by molar-refractivity contribution is 7.09. The van der Waals surface area contributed by atoms with Gasteiger partial charge in [0.15, 0.2) is 6.10 Å². The molecule has 1 unspecified atom stereocenters. The van der Waals surface area contributed by atoms with Gasteiger partial charge in [0.25, 0.3) is 5.91 Å². The lowest BCUT2D eigenvalue weighted by molar-refractivity contribution is -0.149. The Morgan fingerprint density at radius 2 is 1.68 bits per heavy atom. The third kappa shape index (κ3) is 12.6. The van der Waals surface area contributed by atoms with Gasteiger partial charge in [0.1, 0.15) is 22.8 Å². The van der Waals surface area contributed by atoms with E-state index in [1.165, 1.54) is 25.4 Å². The molecule has 1 heterocycles. The van der Waals surface area contributed by atoms with Gasteiger partial charge in [0, 0.05) is 37.9 Å². The molecule has 2 N–H and O–H groups in total. The van der Waals surface area contributed by atoms with Crippen LogP contribution < -0.4 is 10.6 Å². The fourth-order valence-electron chi connectivity index (χ4n) is 5.74. The number of aromatic nitrogens is 1. The minimum absolute atomic E-state index is 0.0582. The van der Waals surface area contributed by atoms with E-state index >= 15 is 0 Å². The van der Waals surface area contributed by atoms with Crippen LogP contribution in [-0.2, 0) is 35.1 Å². The van der Waals surface area contributed by atoms with Gasteiger partial charge in [-0.2, -0.15) is 0 Å². The molecule has 0 aliphatic carbocycles. The van der Waals surface area contributed by atoms with E-state index in [9.17, 15) is 24.0 Å². The molecule has 3 amide bonds. The van der Waals surface area contributed by atoms with E-state index in [1.807, 2.05) is 58.0 Å². The molecule has 0 saturated carbocycles. The van der Waals surface area contributed by atoms with E-state index in [4.69, 9.17) is 9.47 Å². The first-order valence-electron chi connectivity index (χ1n) is 17.2. The van der Waals surface area contributed by atoms with Crippen LogP contribution >= 0.6 is 11.3 Å². The van der Waals surface area contributed by atoms with E-state index in [2.05, 4.69) is 20.6 Å². The van der Waals surface area contributed by atoms with Gasteiger partial charge in [-0.25, -0.2) is 4.98 Å². The second kappa shape index (κ2) is 20.5. The van der Waals surface area contributed by atoms with Crippen molar-refractivity contribution in [2.45, 2.75) is 111 Å². The topological polar surface area (TPSA) is 156 Å². The molecule has 0 fully saturated rings. The largest absolute Gasteiger partial charge is 0.469 e. The molecule has 2 rings (SSSR count). The summed E-state index contributed by atoms with van der Waals surface area (Å²) in [7, 11) is 3.03. The van der Waals surface area contributed by atoms with E-state index in [1.54, 1.807) is 44.3 Å². The second-order valence-corrected chi connectivity index (χ2v) is 14.0. The lowest BCUT2D eigenvalue weighted by Crippen LogP contribution is -2.55. The highest BCUT2D eigenvalue weighted by atomic mass is 32.1. The van der Waals surface area contributed by atoms with Crippen molar-refractivity contribution >= 4 is 47.2 Å². The van der Waals surface area contributed by atoms with Crippen molar-refractivity contribution in [1.29, 1.82) is 0 Å². The van der Waals surface area contributed by atoms with Gasteiger partial charge in [-0.15, -0.1) is 11.3 Å². The molecule has 276 valence electrons. The van der Waals surface area contributed by atoms with Crippen molar-refractivity contribution in [3.8, 4) is 0 Å². The first-order valence-corrected chi connectivity index (χ1v) is 18.1. The van der Waals surface area contributed by atoms with Gasteiger partial charge in [-0.3, -0.25) is 29.0 Å². The summed E-state index contributed by atoms with van der Waals surface area (Å²) < 4.78 is 10.7. The van der Waals surface area contributed by atoms with Crippen LogP contribution in [0.25, 0.3) is 0 Å². The summed E-state index contributed by atoms with van der Waals surface area (Å²) in [5.41, 5.74) is 1.15. The van der Waals surface area contributed by atoms with Gasteiger partial charge in [0.05, 0.1) is 13.0 Å². The molecule has 0 spiro atoms. The molecule has 12 nitrogen and oxygen atoms in total. The summed E-state index contributed by atoms with van der Waals surface area (Å²) in [6.45, 7) is 14.3. The van der Waals surface area contributed by atoms with Crippen LogP contribution in [0.5, 0.6) is 0 Å². The summed E-state index contributed by atoms with van der Waals surface area (Å²) in [5.74, 6) is -2.56. The molecule has 7 atom stereocenters. The lowest BCUT2D eigenvalue weighted by Gasteiger charge is -2.37. The van der Waals surface area contributed by atoms with Crippen LogP contribution in [0.15, 0.2) is 40.7 Å². The number of amides is 3. The Morgan fingerprint density at radius 3 is 2.24 bits per heavy atom. The third-order valence-electron chi connectivity index (χ3n) is 8.84. The van der Waals surface area contributed by atoms with Gasteiger partial charge in [0.2, 0.25) is 11.8 Å². The first kappa shape index (κ1) is 42.0. The normalized spacial score (nSPS) is 15.7. The quantitative estimate of drug-likeness (QED) is 0.149. The summed E-state index contributed by atoms with van der Waals surface area (Å²) in [5, 5.41) is 7.96. The number of hydrogen-bond donors (Lipinski definition) is 2. The number of benzene rings is 1. The first-order chi connectivity index (χ1) is 23.6. The van der Waals surface area contributed by atoms with Gasteiger partial charge < -0.3 is 25.0 Å². The van der Waals surface area contributed by atoms with Crippen molar-refractivity contribution < 1.29 is 33.4 Å². The highest BCUT2D eigenvalue weighted by Crippen LogP contribution is 2.31. The van der Waals surface area contributed by atoms with Crippen molar-refractivity contribution in [1.82, 2.24) is 20.5 Å². The lowest BCUT2D eigenvalue weighted by atomic mass is 9.93. The second-order valence-electron chi connectivity index (χ2n) is 13.1. The van der Waals surface area contributed by atoms with Crippen molar-refractivity contribution in [3.05, 3.63) is 52.0 Å². The van der Waals surface area contributed by atoms with Crippen LogP contribution in [0.3, 0.4) is 0 Å². The Bertz CT molecular complexity index is 1450. The molecule has 2 aromatic rings. The number of aliphatic imine (C=N–C) groups is 1. The maximum absolute atomic E-state index is 14.0. The Hall–Kier alpha value is -4.13. The number of hydrogen-bond acceptors (Lipinski definition) is 10. The molecular weight excluding hydrogens is 659 g/mol. The number of rotatable bonds is 19. The molecule has 0 aliphatic rings. The minimum Gasteiger partial charge on any atom is -0.469 e. The molecule has 0 radical (unpaired) electrons. The zero-order chi connectivity index (χ0) is 37.5. The van der Waals surface area contributed by atoms with Crippen LogP contribution in [0, 0.1) is 17.8 Å². The average Bonchev–Trinajstić information content (AvgIpc) is 3.58. The number of esters is 2. The number of thiazole rings is 1. The predicted octanol–water partition coefficient (Wildman–Crippen LogP) is 5.17. The summed E-state index contributed by atoms with van der Waals surface area (Å²) >= 11 is 1.19. The molecule has 1 aromatic carbocycles. The molecular formula is C37H55N5O7S. The predicted molar refractivity (Wildman–Crippen MR) is 195 cm³/mol. The van der Waals surface area contributed by atoms with Crippen molar-refractivity contribution in [2.75, 3.05) is 14.2 Å². The Morgan fingerprint density at radius 1 is 1.02 bits per heavy atom. The van der Waals surface area contributed by atoms with Crippen LogP contribution in [-0.4, -0.2) is 84.1 Å². The number of nitrogens with one attached hydrogen (secondary N) is 2. The third-order valence-corrected chi connectivity index (χ3v) is 9.78. The fourth-order valence-corrected chi connectivity index (χ4v) is 6.58. The highest BCUT2D eigenvalue weighted by Gasteiger charge is 2.36. The van der Waals surface area contributed by atoms with E-state index in [-0.39, 0.29) is 47.8 Å². The number of carbonyl (C=O) groups is 5. The van der Waals surface area contributed by atoms with E-state index in [0.717, 1.165) is 5.56 Å². The van der Waals surface area contributed by atoms with Crippen molar-refractivity contribution in [3.63, 3.8) is 0 Å². The maximum atomic E-state index is 14.0. The van der Waals surface area contributed by atoms with E-state index < -0.39 is 42.0 Å². The van der Waals surface area contributed by atoms with Crippen LogP contribution in [0.4, 0.5) is 0 Å². The molecule has 0 aliphatic heterocycles. The summed E-state index contributed by atoms with van der Waals surface area (Å²) in [6, 6.07) is 7.46. The summed E-state index contributed by atoms with van der Waals surface area (Å²) in [4.78, 5) is 75.2. The Kier molecular flexibility index (Phi) is 17.3. The number of nitrogens with zero attached hydrogens (tertiary/aromatic N) is 3. The van der Waals surface area contributed by atoms with Gasteiger partial charge >= 0.3 is 11.9 Å². The number of likely N-dealkylation sites (N-methyl/N-ethyl adjacent to an activating group) is 1. The molecule has 13 heteroatoms. The monoisotopic (exact) mass is 713 g/mol.